The van der Waals surface area contributed by atoms with Gasteiger partial charge in [-0.3, -0.25) is 9.59 Å². The van der Waals surface area contributed by atoms with Gasteiger partial charge in [-0.1, -0.05) is 30.3 Å². The molecule has 1 aliphatic heterocycles. The standard InChI is InChI=1S/C18H18N2O4/c1-12(21)14-7-16-17(24-11-23-16)8-15(14)20-18(22)10-19-9-13-5-3-2-4-6-13/h2-8,19H,9-11H2,1H3,(H,20,22). The summed E-state index contributed by atoms with van der Waals surface area (Å²) in [5.41, 5.74) is 1.92. The first-order valence-electron chi connectivity index (χ1n) is 7.62. The summed E-state index contributed by atoms with van der Waals surface area (Å²) in [6, 6.07) is 13.0. The van der Waals surface area contributed by atoms with Crippen LogP contribution in [-0.2, 0) is 11.3 Å². The fraction of sp³-hybridized carbons (Fsp3) is 0.222. The number of carbonyl (C=O) groups excluding carboxylic acids is 2. The van der Waals surface area contributed by atoms with Gasteiger partial charge < -0.3 is 20.1 Å². The van der Waals surface area contributed by atoms with E-state index in [1.807, 2.05) is 30.3 Å². The number of Topliss-reactive ketones (excluding diaryl/α,β-unsaturated/α-hetero) is 1. The Labute approximate surface area is 139 Å². The Bertz CT molecular complexity index is 759. The fourth-order valence-corrected chi connectivity index (χ4v) is 2.45. The molecule has 0 atom stereocenters. The molecule has 2 aromatic rings. The Balaban J connectivity index is 1.62. The molecule has 0 aromatic heterocycles. The van der Waals surface area contributed by atoms with Crippen molar-refractivity contribution in [1.29, 1.82) is 0 Å². The van der Waals surface area contributed by atoms with Gasteiger partial charge >= 0.3 is 0 Å². The summed E-state index contributed by atoms with van der Waals surface area (Å²) in [7, 11) is 0. The molecule has 0 unspecified atom stereocenters. The minimum absolute atomic E-state index is 0.114. The average Bonchev–Trinajstić information content (AvgIpc) is 3.02. The van der Waals surface area contributed by atoms with Gasteiger partial charge in [0, 0.05) is 18.2 Å². The SMILES string of the molecule is CC(=O)c1cc2c(cc1NC(=O)CNCc1ccccc1)OCO2. The lowest BCUT2D eigenvalue weighted by atomic mass is 10.1. The fourth-order valence-electron chi connectivity index (χ4n) is 2.45. The highest BCUT2D eigenvalue weighted by atomic mass is 16.7. The monoisotopic (exact) mass is 326 g/mol. The smallest absolute Gasteiger partial charge is 0.238 e. The van der Waals surface area contributed by atoms with Crippen LogP contribution >= 0.6 is 0 Å². The number of carbonyl (C=O) groups is 2. The van der Waals surface area contributed by atoms with Crippen molar-refractivity contribution in [2.75, 3.05) is 18.7 Å². The van der Waals surface area contributed by atoms with Gasteiger partial charge in [0.1, 0.15) is 0 Å². The molecule has 1 heterocycles. The lowest BCUT2D eigenvalue weighted by Crippen LogP contribution is -2.28. The number of anilines is 1. The highest BCUT2D eigenvalue weighted by Crippen LogP contribution is 2.37. The van der Waals surface area contributed by atoms with Gasteiger partial charge in [-0.05, 0) is 18.6 Å². The zero-order chi connectivity index (χ0) is 16.9. The first kappa shape index (κ1) is 16.0. The van der Waals surface area contributed by atoms with Gasteiger partial charge in [0.05, 0.1) is 12.2 Å². The molecule has 2 aromatic carbocycles. The van der Waals surface area contributed by atoms with Crippen LogP contribution in [0.3, 0.4) is 0 Å². The van der Waals surface area contributed by atoms with Crippen molar-refractivity contribution >= 4 is 17.4 Å². The largest absolute Gasteiger partial charge is 0.454 e. The predicted octanol–water partition coefficient (Wildman–Crippen LogP) is 2.35. The maximum atomic E-state index is 12.1. The summed E-state index contributed by atoms with van der Waals surface area (Å²) in [5.74, 6) is 0.654. The lowest BCUT2D eigenvalue weighted by molar-refractivity contribution is -0.115. The third kappa shape index (κ3) is 3.72. The van der Waals surface area contributed by atoms with Gasteiger partial charge in [0.2, 0.25) is 12.7 Å². The molecular formula is C18H18N2O4. The number of amides is 1. The molecule has 6 heteroatoms. The maximum absolute atomic E-state index is 12.1. The van der Waals surface area contributed by atoms with Crippen molar-refractivity contribution in [1.82, 2.24) is 5.32 Å². The van der Waals surface area contributed by atoms with Crippen LogP contribution in [0.5, 0.6) is 11.5 Å². The third-order valence-corrected chi connectivity index (χ3v) is 3.62. The molecular weight excluding hydrogens is 308 g/mol. The van der Waals surface area contributed by atoms with Crippen LogP contribution in [0.2, 0.25) is 0 Å². The minimum atomic E-state index is -0.229. The molecule has 0 spiro atoms. The van der Waals surface area contributed by atoms with Crippen molar-refractivity contribution in [2.24, 2.45) is 0 Å². The molecule has 24 heavy (non-hydrogen) atoms. The van der Waals surface area contributed by atoms with E-state index < -0.39 is 0 Å². The van der Waals surface area contributed by atoms with E-state index in [0.29, 0.717) is 29.3 Å². The van der Waals surface area contributed by atoms with E-state index in [2.05, 4.69) is 10.6 Å². The normalized spacial score (nSPS) is 12.0. The molecule has 0 fully saturated rings. The molecule has 0 aliphatic carbocycles. The van der Waals surface area contributed by atoms with Gasteiger partial charge in [0.15, 0.2) is 17.3 Å². The van der Waals surface area contributed by atoms with Crippen LogP contribution in [0.4, 0.5) is 5.69 Å². The topological polar surface area (TPSA) is 76.7 Å². The number of nitrogens with one attached hydrogen (secondary N) is 2. The van der Waals surface area contributed by atoms with Crippen LogP contribution in [0.15, 0.2) is 42.5 Å². The van der Waals surface area contributed by atoms with Crippen LogP contribution < -0.4 is 20.1 Å². The molecule has 124 valence electrons. The van der Waals surface area contributed by atoms with E-state index in [1.54, 1.807) is 12.1 Å². The second kappa shape index (κ2) is 7.14. The molecule has 0 saturated heterocycles. The number of fused-ring (bicyclic) bond motifs is 1. The van der Waals surface area contributed by atoms with Crippen LogP contribution in [0, 0.1) is 0 Å². The van der Waals surface area contributed by atoms with E-state index in [0.717, 1.165) is 5.56 Å². The maximum Gasteiger partial charge on any atom is 0.238 e. The van der Waals surface area contributed by atoms with E-state index in [-0.39, 0.29) is 25.0 Å². The number of ether oxygens (including phenoxy) is 2. The zero-order valence-electron chi connectivity index (χ0n) is 13.3. The van der Waals surface area contributed by atoms with Crippen molar-refractivity contribution in [3.05, 3.63) is 53.6 Å². The Morgan fingerprint density at radius 2 is 1.79 bits per heavy atom. The van der Waals surface area contributed by atoms with Crippen molar-refractivity contribution in [2.45, 2.75) is 13.5 Å². The first-order valence-corrected chi connectivity index (χ1v) is 7.62. The van der Waals surface area contributed by atoms with Crippen LogP contribution in [0.1, 0.15) is 22.8 Å². The van der Waals surface area contributed by atoms with Crippen LogP contribution in [-0.4, -0.2) is 25.0 Å². The summed E-state index contributed by atoms with van der Waals surface area (Å²) in [6.07, 6.45) is 0. The van der Waals surface area contributed by atoms with Gasteiger partial charge in [0.25, 0.3) is 0 Å². The average molecular weight is 326 g/mol. The molecule has 6 nitrogen and oxygen atoms in total. The third-order valence-electron chi connectivity index (χ3n) is 3.62. The second-order valence-corrected chi connectivity index (χ2v) is 5.44. The lowest BCUT2D eigenvalue weighted by Gasteiger charge is -2.11. The zero-order valence-corrected chi connectivity index (χ0v) is 13.3. The van der Waals surface area contributed by atoms with E-state index in [9.17, 15) is 9.59 Å². The van der Waals surface area contributed by atoms with Gasteiger partial charge in [-0.2, -0.15) is 0 Å². The van der Waals surface area contributed by atoms with Crippen molar-refractivity contribution in [3.63, 3.8) is 0 Å². The molecule has 0 bridgehead atoms. The molecule has 0 radical (unpaired) electrons. The number of rotatable bonds is 6. The number of hydrogen-bond acceptors (Lipinski definition) is 5. The Hall–Kier alpha value is -2.86. The Kier molecular flexibility index (Phi) is 4.77. The summed E-state index contributed by atoms with van der Waals surface area (Å²) >= 11 is 0. The van der Waals surface area contributed by atoms with E-state index in [1.165, 1.54) is 6.92 Å². The Morgan fingerprint density at radius 1 is 1.08 bits per heavy atom. The predicted molar refractivity (Wildman–Crippen MR) is 89.3 cm³/mol. The highest BCUT2D eigenvalue weighted by Gasteiger charge is 2.20. The number of benzene rings is 2. The Morgan fingerprint density at radius 3 is 2.50 bits per heavy atom. The van der Waals surface area contributed by atoms with Gasteiger partial charge in [-0.25, -0.2) is 0 Å². The molecule has 1 aliphatic rings. The summed E-state index contributed by atoms with van der Waals surface area (Å²) in [5, 5.41) is 5.82. The molecule has 1 amide bonds. The summed E-state index contributed by atoms with van der Waals surface area (Å²) in [4.78, 5) is 23.9. The first-order chi connectivity index (χ1) is 11.6. The van der Waals surface area contributed by atoms with Crippen LogP contribution in [0.25, 0.3) is 0 Å². The second-order valence-electron chi connectivity index (χ2n) is 5.44. The minimum Gasteiger partial charge on any atom is -0.454 e. The van der Waals surface area contributed by atoms with Gasteiger partial charge in [-0.15, -0.1) is 0 Å². The van der Waals surface area contributed by atoms with Crippen molar-refractivity contribution in [3.8, 4) is 11.5 Å². The molecule has 3 rings (SSSR count). The number of ketones is 1. The number of hydrogen-bond donors (Lipinski definition) is 2. The molecule has 2 N–H and O–H groups in total. The van der Waals surface area contributed by atoms with E-state index >= 15 is 0 Å². The summed E-state index contributed by atoms with van der Waals surface area (Å²) < 4.78 is 10.6. The quantitative estimate of drug-likeness (QED) is 0.797. The highest BCUT2D eigenvalue weighted by molar-refractivity contribution is 6.05. The van der Waals surface area contributed by atoms with Crippen molar-refractivity contribution < 1.29 is 19.1 Å². The summed E-state index contributed by atoms with van der Waals surface area (Å²) in [6.45, 7) is 2.29. The van der Waals surface area contributed by atoms with E-state index in [4.69, 9.17) is 9.47 Å². The molecule has 0 saturated carbocycles.